The van der Waals surface area contributed by atoms with Gasteiger partial charge < -0.3 is 5.32 Å². The highest BCUT2D eigenvalue weighted by molar-refractivity contribution is 9.10. The monoisotopic (exact) mass is 339 g/mol. The van der Waals surface area contributed by atoms with Crippen LogP contribution in [0, 0.1) is 0 Å². The van der Waals surface area contributed by atoms with Gasteiger partial charge in [-0.05, 0) is 41.1 Å². The molecule has 1 rings (SSSR count). The smallest absolute Gasteiger partial charge is 0.242 e. The summed E-state index contributed by atoms with van der Waals surface area (Å²) >= 11 is 8.98. The molecule has 0 heterocycles. The van der Waals surface area contributed by atoms with Crippen LogP contribution in [-0.2, 0) is 14.6 Å². The molecule has 1 N–H and O–H groups in total. The highest BCUT2D eigenvalue weighted by Crippen LogP contribution is 2.26. The van der Waals surface area contributed by atoms with E-state index in [-0.39, 0.29) is 0 Å². The van der Waals surface area contributed by atoms with Crippen molar-refractivity contribution in [2.75, 3.05) is 11.6 Å². The lowest BCUT2D eigenvalue weighted by Gasteiger charge is -2.11. The second-order valence-corrected chi connectivity index (χ2v) is 7.24. The van der Waals surface area contributed by atoms with Crippen LogP contribution in [-0.4, -0.2) is 25.8 Å². The maximum atomic E-state index is 11.7. The van der Waals surface area contributed by atoms with E-state index in [0.717, 1.165) is 6.26 Å². The van der Waals surface area contributed by atoms with Gasteiger partial charge in [-0.1, -0.05) is 11.6 Å². The van der Waals surface area contributed by atoms with Crippen LogP contribution < -0.4 is 5.32 Å². The first-order chi connectivity index (χ1) is 7.71. The fourth-order valence-corrected chi connectivity index (χ4v) is 2.25. The summed E-state index contributed by atoms with van der Waals surface area (Å²) in [6, 6.07) is 4.81. The summed E-state index contributed by atoms with van der Waals surface area (Å²) in [4.78, 5) is 11.7. The Kier molecular flexibility index (Phi) is 4.57. The van der Waals surface area contributed by atoms with E-state index < -0.39 is 21.0 Å². The number of sulfone groups is 1. The van der Waals surface area contributed by atoms with Crippen molar-refractivity contribution in [2.45, 2.75) is 12.2 Å². The first-order valence-electron chi connectivity index (χ1n) is 4.66. The number of halogens is 2. The Hall–Kier alpha value is -0.590. The molecule has 0 fully saturated rings. The minimum Gasteiger partial charge on any atom is -0.324 e. The number of hydrogen-bond donors (Lipinski definition) is 1. The lowest BCUT2D eigenvalue weighted by Crippen LogP contribution is -2.31. The minimum atomic E-state index is -3.40. The second kappa shape index (κ2) is 5.37. The van der Waals surface area contributed by atoms with Crippen molar-refractivity contribution in [3.63, 3.8) is 0 Å². The molecular weight excluding hydrogens is 330 g/mol. The summed E-state index contributed by atoms with van der Waals surface area (Å²) in [5.41, 5.74) is 0.481. The highest BCUT2D eigenvalue weighted by atomic mass is 79.9. The SMILES string of the molecule is CC(C(=O)Nc1ccc(Cl)cc1Br)S(C)(=O)=O. The normalized spacial score (nSPS) is 13.2. The molecule has 0 aliphatic heterocycles. The van der Waals surface area contributed by atoms with E-state index in [1.165, 1.54) is 6.92 Å². The van der Waals surface area contributed by atoms with Gasteiger partial charge in [0.1, 0.15) is 5.25 Å². The third-order valence-corrected chi connectivity index (χ3v) is 4.59. The van der Waals surface area contributed by atoms with Gasteiger partial charge in [-0.3, -0.25) is 4.79 Å². The zero-order valence-corrected chi connectivity index (χ0v) is 12.4. The molecule has 7 heteroatoms. The number of anilines is 1. The van der Waals surface area contributed by atoms with Crippen LogP contribution in [0.25, 0.3) is 0 Å². The number of amides is 1. The first-order valence-corrected chi connectivity index (χ1v) is 7.79. The van der Waals surface area contributed by atoms with Gasteiger partial charge in [0.25, 0.3) is 0 Å². The summed E-state index contributed by atoms with van der Waals surface area (Å²) in [7, 11) is -3.40. The van der Waals surface area contributed by atoms with E-state index in [4.69, 9.17) is 11.6 Å². The van der Waals surface area contributed by atoms with Crippen molar-refractivity contribution < 1.29 is 13.2 Å². The van der Waals surface area contributed by atoms with E-state index >= 15 is 0 Å². The van der Waals surface area contributed by atoms with Crippen molar-refractivity contribution >= 4 is 49.0 Å². The van der Waals surface area contributed by atoms with Crippen LogP contribution in [0.4, 0.5) is 5.69 Å². The zero-order chi connectivity index (χ0) is 13.2. The lowest BCUT2D eigenvalue weighted by molar-refractivity contribution is -0.115. The van der Waals surface area contributed by atoms with Crippen LogP contribution in [0.2, 0.25) is 5.02 Å². The van der Waals surface area contributed by atoms with Crippen LogP contribution >= 0.6 is 27.5 Å². The number of hydrogen-bond acceptors (Lipinski definition) is 3. The van der Waals surface area contributed by atoms with E-state index in [2.05, 4.69) is 21.2 Å². The van der Waals surface area contributed by atoms with Gasteiger partial charge in [-0.2, -0.15) is 0 Å². The van der Waals surface area contributed by atoms with Crippen molar-refractivity contribution in [1.82, 2.24) is 0 Å². The topological polar surface area (TPSA) is 63.2 Å². The Morgan fingerprint density at radius 2 is 2.06 bits per heavy atom. The fraction of sp³-hybridized carbons (Fsp3) is 0.300. The molecule has 1 aromatic rings. The van der Waals surface area contributed by atoms with Gasteiger partial charge in [0.15, 0.2) is 9.84 Å². The Balaban J connectivity index is 2.89. The fourth-order valence-electron chi connectivity index (χ4n) is 1.02. The molecule has 1 amide bonds. The third kappa shape index (κ3) is 3.97. The first kappa shape index (κ1) is 14.5. The highest BCUT2D eigenvalue weighted by Gasteiger charge is 2.23. The van der Waals surface area contributed by atoms with Crippen LogP contribution in [0.15, 0.2) is 22.7 Å². The molecule has 17 heavy (non-hydrogen) atoms. The summed E-state index contributed by atoms with van der Waals surface area (Å²) in [6.45, 7) is 1.34. The molecule has 0 aliphatic carbocycles. The zero-order valence-electron chi connectivity index (χ0n) is 9.20. The number of carbonyl (C=O) groups is 1. The van der Waals surface area contributed by atoms with E-state index in [1.807, 2.05) is 0 Å². The van der Waals surface area contributed by atoms with E-state index in [1.54, 1.807) is 18.2 Å². The van der Waals surface area contributed by atoms with Gasteiger partial charge in [0.05, 0.1) is 5.69 Å². The van der Waals surface area contributed by atoms with Crippen molar-refractivity contribution in [1.29, 1.82) is 0 Å². The van der Waals surface area contributed by atoms with Crippen molar-refractivity contribution in [2.24, 2.45) is 0 Å². The second-order valence-electron chi connectivity index (χ2n) is 3.59. The number of carbonyl (C=O) groups excluding carboxylic acids is 1. The Morgan fingerprint density at radius 3 is 2.53 bits per heavy atom. The molecule has 0 aromatic heterocycles. The third-order valence-electron chi connectivity index (χ3n) is 2.20. The summed E-state index contributed by atoms with van der Waals surface area (Å²) < 4.78 is 23.0. The largest absolute Gasteiger partial charge is 0.324 e. The summed E-state index contributed by atoms with van der Waals surface area (Å²) in [6.07, 6.45) is 1.02. The van der Waals surface area contributed by atoms with Gasteiger partial charge in [-0.25, -0.2) is 8.42 Å². The van der Waals surface area contributed by atoms with E-state index in [0.29, 0.717) is 15.2 Å². The van der Waals surface area contributed by atoms with Gasteiger partial charge in [-0.15, -0.1) is 0 Å². The van der Waals surface area contributed by atoms with Crippen LogP contribution in [0.3, 0.4) is 0 Å². The molecule has 0 saturated heterocycles. The molecule has 0 saturated carbocycles. The minimum absolute atomic E-state index is 0.481. The molecule has 1 aromatic carbocycles. The molecule has 1 atom stereocenters. The Labute approximate surface area is 113 Å². The summed E-state index contributed by atoms with van der Waals surface area (Å²) in [5.74, 6) is -0.574. The summed E-state index contributed by atoms with van der Waals surface area (Å²) in [5, 5.41) is 1.95. The Bertz CT molecular complexity index is 544. The van der Waals surface area contributed by atoms with Gasteiger partial charge >= 0.3 is 0 Å². The molecular formula is C10H11BrClNO3S. The molecule has 0 radical (unpaired) electrons. The molecule has 0 bridgehead atoms. The molecule has 0 spiro atoms. The molecule has 0 aliphatic rings. The average molecular weight is 341 g/mol. The quantitative estimate of drug-likeness (QED) is 0.919. The van der Waals surface area contributed by atoms with Crippen LogP contribution in [0.5, 0.6) is 0 Å². The maximum absolute atomic E-state index is 11.7. The number of benzene rings is 1. The molecule has 94 valence electrons. The van der Waals surface area contributed by atoms with Crippen molar-refractivity contribution in [3.8, 4) is 0 Å². The molecule has 4 nitrogen and oxygen atoms in total. The predicted octanol–water partition coefficient (Wildman–Crippen LogP) is 2.47. The van der Waals surface area contributed by atoms with Gasteiger partial charge in [0, 0.05) is 15.8 Å². The van der Waals surface area contributed by atoms with E-state index in [9.17, 15) is 13.2 Å². The lowest BCUT2D eigenvalue weighted by atomic mass is 10.3. The van der Waals surface area contributed by atoms with Crippen LogP contribution in [0.1, 0.15) is 6.92 Å². The molecule has 1 unspecified atom stereocenters. The van der Waals surface area contributed by atoms with Crippen molar-refractivity contribution in [3.05, 3.63) is 27.7 Å². The Morgan fingerprint density at radius 1 is 1.47 bits per heavy atom. The number of nitrogens with one attached hydrogen (secondary N) is 1. The average Bonchev–Trinajstić information content (AvgIpc) is 2.19. The van der Waals surface area contributed by atoms with Gasteiger partial charge in [0.2, 0.25) is 5.91 Å². The number of rotatable bonds is 3. The standard InChI is InChI=1S/C10H11BrClNO3S/c1-6(17(2,15)16)10(14)13-9-4-3-7(12)5-8(9)11/h3-6H,1-2H3,(H,13,14). The predicted molar refractivity (Wildman–Crippen MR) is 72.1 cm³/mol. The maximum Gasteiger partial charge on any atom is 0.242 e.